The summed E-state index contributed by atoms with van der Waals surface area (Å²) >= 11 is 7.48. The van der Waals surface area contributed by atoms with Crippen LogP contribution < -0.4 is 5.73 Å². The summed E-state index contributed by atoms with van der Waals surface area (Å²) in [5, 5.41) is 2.56. The van der Waals surface area contributed by atoms with Gasteiger partial charge in [-0.25, -0.2) is 8.78 Å². The fourth-order valence-corrected chi connectivity index (χ4v) is 2.98. The van der Waals surface area contributed by atoms with Gasteiger partial charge in [-0.15, -0.1) is 11.3 Å². The first-order valence-corrected chi connectivity index (χ1v) is 6.74. The van der Waals surface area contributed by atoms with Crippen molar-refractivity contribution in [2.45, 2.75) is 18.9 Å². The van der Waals surface area contributed by atoms with Crippen LogP contribution in [0.5, 0.6) is 0 Å². The van der Waals surface area contributed by atoms with Gasteiger partial charge in [-0.1, -0.05) is 23.7 Å². The zero-order chi connectivity index (χ0) is 13.1. The van der Waals surface area contributed by atoms with Gasteiger partial charge in [-0.3, -0.25) is 0 Å². The van der Waals surface area contributed by atoms with E-state index in [9.17, 15) is 8.78 Å². The number of halogens is 3. The number of hydrogen-bond donors (Lipinski definition) is 1. The maximum Gasteiger partial charge on any atom is 0.162 e. The molecular formula is C13H12ClF2NS. The molecule has 96 valence electrons. The number of benzene rings is 1. The molecule has 1 heterocycles. The van der Waals surface area contributed by atoms with Gasteiger partial charge in [-0.05, 0) is 35.9 Å². The maximum atomic E-state index is 13.5. The van der Waals surface area contributed by atoms with Crippen LogP contribution in [0.15, 0.2) is 29.6 Å². The molecule has 2 rings (SSSR count). The smallest absolute Gasteiger partial charge is 0.162 e. The van der Waals surface area contributed by atoms with E-state index in [4.69, 9.17) is 17.3 Å². The first-order valence-electron chi connectivity index (χ1n) is 5.48. The molecule has 5 heteroatoms. The summed E-state index contributed by atoms with van der Waals surface area (Å²) < 4.78 is 26.5. The predicted molar refractivity (Wildman–Crippen MR) is 71.1 cm³/mol. The van der Waals surface area contributed by atoms with Crippen molar-refractivity contribution in [3.63, 3.8) is 0 Å². The maximum absolute atomic E-state index is 13.5. The second-order valence-corrected chi connectivity index (χ2v) is 5.48. The molecule has 0 amide bonds. The molecule has 0 radical (unpaired) electrons. The minimum absolute atomic E-state index is 0.280. The molecule has 1 atom stereocenters. The molecule has 0 aliphatic carbocycles. The van der Waals surface area contributed by atoms with Crippen molar-refractivity contribution in [3.05, 3.63) is 56.7 Å². The van der Waals surface area contributed by atoms with Crippen molar-refractivity contribution >= 4 is 22.9 Å². The van der Waals surface area contributed by atoms with Crippen molar-refractivity contribution < 1.29 is 8.78 Å². The highest BCUT2D eigenvalue weighted by molar-refractivity contribution is 7.10. The second-order valence-electron chi connectivity index (χ2n) is 4.07. The molecule has 0 bridgehead atoms. The molecule has 0 aliphatic rings. The third kappa shape index (κ3) is 3.07. The van der Waals surface area contributed by atoms with Crippen LogP contribution in [0.3, 0.4) is 0 Å². The topological polar surface area (TPSA) is 26.0 Å². The fourth-order valence-electron chi connectivity index (χ4n) is 1.77. The first kappa shape index (κ1) is 13.5. The van der Waals surface area contributed by atoms with E-state index in [1.807, 2.05) is 5.38 Å². The Labute approximate surface area is 113 Å². The van der Waals surface area contributed by atoms with E-state index in [1.54, 1.807) is 12.1 Å². The molecular weight excluding hydrogens is 276 g/mol. The molecule has 1 aromatic carbocycles. The van der Waals surface area contributed by atoms with Gasteiger partial charge in [0.2, 0.25) is 0 Å². The van der Waals surface area contributed by atoms with Crippen LogP contribution in [0.2, 0.25) is 5.02 Å². The summed E-state index contributed by atoms with van der Waals surface area (Å²) in [6, 6.07) is 5.65. The van der Waals surface area contributed by atoms with Crippen LogP contribution in [0.25, 0.3) is 0 Å². The molecule has 0 aliphatic heterocycles. The van der Waals surface area contributed by atoms with E-state index >= 15 is 0 Å². The molecule has 0 fully saturated rings. The van der Waals surface area contributed by atoms with Gasteiger partial charge in [0.15, 0.2) is 11.6 Å². The Balaban J connectivity index is 2.05. The van der Waals surface area contributed by atoms with Crippen LogP contribution in [-0.4, -0.2) is 6.04 Å². The van der Waals surface area contributed by atoms with Gasteiger partial charge in [0.25, 0.3) is 0 Å². The Morgan fingerprint density at radius 3 is 2.67 bits per heavy atom. The van der Waals surface area contributed by atoms with Crippen molar-refractivity contribution in [1.82, 2.24) is 0 Å². The third-order valence-corrected chi connectivity index (χ3v) is 4.06. The monoisotopic (exact) mass is 287 g/mol. The van der Waals surface area contributed by atoms with Crippen LogP contribution >= 0.6 is 22.9 Å². The summed E-state index contributed by atoms with van der Waals surface area (Å²) in [5.74, 6) is -1.65. The Morgan fingerprint density at radius 2 is 2.00 bits per heavy atom. The number of hydrogen-bond acceptors (Lipinski definition) is 2. The van der Waals surface area contributed by atoms with Gasteiger partial charge >= 0.3 is 0 Å². The molecule has 2 aromatic rings. The molecule has 1 nitrogen and oxygen atoms in total. The Kier molecular flexibility index (Phi) is 4.32. The van der Waals surface area contributed by atoms with Crippen LogP contribution in [0.4, 0.5) is 8.78 Å². The average Bonchev–Trinajstić information content (AvgIpc) is 2.71. The Hall–Kier alpha value is -0.970. The van der Waals surface area contributed by atoms with Crippen molar-refractivity contribution in [1.29, 1.82) is 0 Å². The van der Waals surface area contributed by atoms with E-state index in [1.165, 1.54) is 17.4 Å². The predicted octanol–water partition coefficient (Wildman–Crippen LogP) is 3.79. The van der Waals surface area contributed by atoms with Gasteiger partial charge in [-0.2, -0.15) is 0 Å². The lowest BCUT2D eigenvalue weighted by atomic mass is 10.0. The van der Waals surface area contributed by atoms with Gasteiger partial charge < -0.3 is 5.73 Å². The molecule has 18 heavy (non-hydrogen) atoms. The molecule has 1 aromatic heterocycles. The highest BCUT2D eigenvalue weighted by atomic mass is 35.5. The van der Waals surface area contributed by atoms with Crippen molar-refractivity contribution in [2.24, 2.45) is 5.73 Å². The van der Waals surface area contributed by atoms with Crippen LogP contribution in [0, 0.1) is 11.6 Å². The molecule has 2 N–H and O–H groups in total. The average molecular weight is 288 g/mol. The van der Waals surface area contributed by atoms with E-state index in [0.29, 0.717) is 17.0 Å². The lowest BCUT2D eigenvalue weighted by molar-refractivity contribution is 0.493. The zero-order valence-electron chi connectivity index (χ0n) is 9.50. The minimum atomic E-state index is -0.839. The Morgan fingerprint density at radius 1 is 1.22 bits per heavy atom. The van der Waals surface area contributed by atoms with Crippen molar-refractivity contribution in [2.75, 3.05) is 0 Å². The van der Waals surface area contributed by atoms with E-state index < -0.39 is 11.6 Å². The van der Waals surface area contributed by atoms with Crippen molar-refractivity contribution in [3.8, 4) is 0 Å². The van der Waals surface area contributed by atoms with Crippen LogP contribution in [-0.2, 0) is 12.8 Å². The summed E-state index contributed by atoms with van der Waals surface area (Å²) in [5.41, 5.74) is 6.24. The standard InChI is InChI=1S/C13H12ClF2NS/c14-10-4-5-18-12(10)7-9(17)6-8-2-1-3-11(15)13(8)16/h1-5,9H,6-7,17H2. The number of nitrogens with two attached hydrogens (primary N) is 1. The quantitative estimate of drug-likeness (QED) is 0.910. The van der Waals surface area contributed by atoms with E-state index in [0.717, 1.165) is 10.9 Å². The van der Waals surface area contributed by atoms with Gasteiger partial charge in [0, 0.05) is 10.9 Å². The highest BCUT2D eigenvalue weighted by Crippen LogP contribution is 2.24. The third-order valence-electron chi connectivity index (χ3n) is 2.65. The van der Waals surface area contributed by atoms with Gasteiger partial charge in [0.1, 0.15) is 0 Å². The molecule has 0 spiro atoms. The van der Waals surface area contributed by atoms with E-state index in [2.05, 4.69) is 0 Å². The SMILES string of the molecule is NC(Cc1cccc(F)c1F)Cc1sccc1Cl. The summed E-state index contributed by atoms with van der Waals surface area (Å²) in [7, 11) is 0. The van der Waals surface area contributed by atoms with Gasteiger partial charge in [0.05, 0.1) is 5.02 Å². The second kappa shape index (κ2) is 5.78. The lowest BCUT2D eigenvalue weighted by Gasteiger charge is -2.11. The summed E-state index contributed by atoms with van der Waals surface area (Å²) in [4.78, 5) is 0.973. The lowest BCUT2D eigenvalue weighted by Crippen LogP contribution is -2.25. The van der Waals surface area contributed by atoms with Crippen LogP contribution in [0.1, 0.15) is 10.4 Å². The first-order chi connectivity index (χ1) is 8.58. The molecule has 0 saturated carbocycles. The Bertz CT molecular complexity index is 542. The van der Waals surface area contributed by atoms with E-state index in [-0.39, 0.29) is 12.5 Å². The molecule has 1 unspecified atom stereocenters. The number of thiophene rings is 1. The summed E-state index contributed by atoms with van der Waals surface area (Å²) in [6.45, 7) is 0. The number of rotatable bonds is 4. The zero-order valence-corrected chi connectivity index (χ0v) is 11.1. The fraction of sp³-hybridized carbons (Fsp3) is 0.231. The highest BCUT2D eigenvalue weighted by Gasteiger charge is 2.13. The minimum Gasteiger partial charge on any atom is -0.327 e. The molecule has 0 saturated heterocycles. The largest absolute Gasteiger partial charge is 0.327 e. The summed E-state index contributed by atoms with van der Waals surface area (Å²) in [6.07, 6.45) is 0.851. The normalized spacial score (nSPS) is 12.7.